The number of benzene rings is 1. The molecule has 0 aliphatic heterocycles. The summed E-state index contributed by atoms with van der Waals surface area (Å²) in [6.07, 6.45) is 3.31. The molecule has 0 saturated heterocycles. The first kappa shape index (κ1) is 12.7. The van der Waals surface area contributed by atoms with Gasteiger partial charge in [-0.25, -0.2) is 13.8 Å². The van der Waals surface area contributed by atoms with E-state index in [1.807, 2.05) is 18.9 Å². The van der Waals surface area contributed by atoms with E-state index in [1.165, 1.54) is 6.07 Å². The van der Waals surface area contributed by atoms with Gasteiger partial charge >= 0.3 is 0 Å². The van der Waals surface area contributed by atoms with Crippen molar-refractivity contribution in [2.75, 3.05) is 7.05 Å². The van der Waals surface area contributed by atoms with E-state index >= 15 is 0 Å². The van der Waals surface area contributed by atoms with E-state index in [1.54, 1.807) is 12.5 Å². The zero-order chi connectivity index (χ0) is 13.1. The SMILES string of the molecule is C[C@H](c1cc(F)ccc1F)N(C)Cc1cnc[nH]1. The highest BCUT2D eigenvalue weighted by atomic mass is 19.1. The Kier molecular flexibility index (Phi) is 3.72. The largest absolute Gasteiger partial charge is 0.347 e. The summed E-state index contributed by atoms with van der Waals surface area (Å²) in [6, 6.07) is 3.30. The maximum Gasteiger partial charge on any atom is 0.128 e. The van der Waals surface area contributed by atoms with Gasteiger partial charge in [0, 0.05) is 30.0 Å². The first-order valence-electron chi connectivity index (χ1n) is 5.70. The predicted octanol–water partition coefficient (Wildman–Crippen LogP) is 2.88. The van der Waals surface area contributed by atoms with Crippen molar-refractivity contribution >= 4 is 0 Å². The number of H-pyrrole nitrogens is 1. The van der Waals surface area contributed by atoms with Gasteiger partial charge in [0.25, 0.3) is 0 Å². The Morgan fingerprint density at radius 2 is 2.17 bits per heavy atom. The summed E-state index contributed by atoms with van der Waals surface area (Å²) in [4.78, 5) is 8.82. The lowest BCUT2D eigenvalue weighted by molar-refractivity contribution is 0.245. The Morgan fingerprint density at radius 3 is 2.83 bits per heavy atom. The number of aromatic amines is 1. The fraction of sp³-hybridized carbons (Fsp3) is 0.308. The van der Waals surface area contributed by atoms with E-state index in [9.17, 15) is 8.78 Å². The quantitative estimate of drug-likeness (QED) is 0.906. The van der Waals surface area contributed by atoms with Crippen LogP contribution in [-0.2, 0) is 6.54 Å². The number of imidazole rings is 1. The third-order valence-electron chi connectivity index (χ3n) is 3.04. The van der Waals surface area contributed by atoms with Gasteiger partial charge in [-0.05, 0) is 32.2 Å². The fourth-order valence-corrected chi connectivity index (χ4v) is 1.85. The van der Waals surface area contributed by atoms with Crippen LogP contribution in [0.5, 0.6) is 0 Å². The molecule has 2 aromatic rings. The molecule has 18 heavy (non-hydrogen) atoms. The summed E-state index contributed by atoms with van der Waals surface area (Å²) in [6.45, 7) is 2.44. The molecule has 96 valence electrons. The molecule has 0 saturated carbocycles. The van der Waals surface area contributed by atoms with Gasteiger partial charge in [-0.1, -0.05) is 0 Å². The van der Waals surface area contributed by atoms with E-state index in [2.05, 4.69) is 9.97 Å². The van der Waals surface area contributed by atoms with Gasteiger partial charge in [0.1, 0.15) is 11.6 Å². The number of hydrogen-bond donors (Lipinski definition) is 1. The zero-order valence-corrected chi connectivity index (χ0v) is 10.3. The normalized spacial score (nSPS) is 12.9. The van der Waals surface area contributed by atoms with Crippen molar-refractivity contribution in [3.05, 3.63) is 53.6 Å². The molecule has 1 N–H and O–H groups in total. The van der Waals surface area contributed by atoms with Crippen LogP contribution in [0.4, 0.5) is 8.78 Å². The fourth-order valence-electron chi connectivity index (χ4n) is 1.85. The summed E-state index contributed by atoms with van der Waals surface area (Å²) in [5.74, 6) is -0.812. The van der Waals surface area contributed by atoms with Gasteiger partial charge < -0.3 is 4.98 Å². The molecule has 3 nitrogen and oxygen atoms in total. The molecule has 0 unspecified atom stereocenters. The second-order valence-corrected chi connectivity index (χ2v) is 4.33. The maximum atomic E-state index is 13.6. The lowest BCUT2D eigenvalue weighted by Gasteiger charge is -2.24. The molecular weight excluding hydrogens is 236 g/mol. The summed E-state index contributed by atoms with van der Waals surface area (Å²) in [7, 11) is 1.86. The number of rotatable bonds is 4. The van der Waals surface area contributed by atoms with Gasteiger partial charge in [0.2, 0.25) is 0 Å². The summed E-state index contributed by atoms with van der Waals surface area (Å²) in [5.41, 5.74) is 1.29. The van der Waals surface area contributed by atoms with Gasteiger partial charge in [-0.15, -0.1) is 0 Å². The van der Waals surface area contributed by atoms with Crippen LogP contribution in [0.2, 0.25) is 0 Å². The minimum Gasteiger partial charge on any atom is -0.347 e. The van der Waals surface area contributed by atoms with E-state index in [4.69, 9.17) is 0 Å². The number of hydrogen-bond acceptors (Lipinski definition) is 2. The standard InChI is InChI=1S/C13H15F2N3/c1-9(12-5-10(14)3-4-13(12)15)18(2)7-11-6-16-8-17-11/h3-6,8-9H,7H2,1-2H3,(H,16,17)/t9-/m1/s1. The van der Waals surface area contributed by atoms with Crippen LogP contribution in [0, 0.1) is 11.6 Å². The molecule has 1 heterocycles. The van der Waals surface area contributed by atoms with Crippen molar-refractivity contribution in [3.8, 4) is 0 Å². The molecule has 1 atom stereocenters. The minimum atomic E-state index is -0.423. The Morgan fingerprint density at radius 1 is 1.39 bits per heavy atom. The average Bonchev–Trinajstić information content (AvgIpc) is 2.84. The Hall–Kier alpha value is -1.75. The summed E-state index contributed by atoms with van der Waals surface area (Å²) < 4.78 is 26.8. The zero-order valence-electron chi connectivity index (χ0n) is 10.3. The van der Waals surface area contributed by atoms with Crippen LogP contribution in [0.3, 0.4) is 0 Å². The number of halogens is 2. The molecule has 1 aromatic heterocycles. The summed E-state index contributed by atoms with van der Waals surface area (Å²) in [5, 5.41) is 0. The highest BCUT2D eigenvalue weighted by molar-refractivity contribution is 5.22. The molecular formula is C13H15F2N3. The Balaban J connectivity index is 2.14. The topological polar surface area (TPSA) is 31.9 Å². The second-order valence-electron chi connectivity index (χ2n) is 4.33. The molecule has 0 spiro atoms. The van der Waals surface area contributed by atoms with Crippen LogP contribution in [-0.4, -0.2) is 21.9 Å². The van der Waals surface area contributed by atoms with E-state index in [-0.39, 0.29) is 11.9 Å². The number of aromatic nitrogens is 2. The average molecular weight is 251 g/mol. The van der Waals surface area contributed by atoms with Crippen molar-refractivity contribution < 1.29 is 8.78 Å². The molecule has 0 bridgehead atoms. The van der Waals surface area contributed by atoms with Crippen molar-refractivity contribution in [2.24, 2.45) is 0 Å². The third kappa shape index (κ3) is 2.73. The van der Waals surface area contributed by atoms with Crippen molar-refractivity contribution in [1.29, 1.82) is 0 Å². The Labute approximate surface area is 104 Å². The van der Waals surface area contributed by atoms with Crippen LogP contribution in [0.1, 0.15) is 24.2 Å². The highest BCUT2D eigenvalue weighted by Crippen LogP contribution is 2.23. The van der Waals surface area contributed by atoms with Crippen LogP contribution >= 0.6 is 0 Å². The second kappa shape index (κ2) is 5.27. The van der Waals surface area contributed by atoms with Gasteiger partial charge in [0.15, 0.2) is 0 Å². The molecule has 0 aliphatic carbocycles. The number of nitrogens with one attached hydrogen (secondary N) is 1. The lowest BCUT2D eigenvalue weighted by Crippen LogP contribution is -2.23. The van der Waals surface area contributed by atoms with E-state index in [0.29, 0.717) is 12.1 Å². The van der Waals surface area contributed by atoms with Gasteiger partial charge in [-0.3, -0.25) is 4.90 Å². The van der Waals surface area contributed by atoms with E-state index < -0.39 is 5.82 Å². The number of nitrogens with zero attached hydrogens (tertiary/aromatic N) is 2. The van der Waals surface area contributed by atoms with Gasteiger partial charge in [0.05, 0.1) is 6.33 Å². The first-order chi connectivity index (χ1) is 8.58. The molecule has 0 radical (unpaired) electrons. The minimum absolute atomic E-state index is 0.219. The molecule has 1 aromatic carbocycles. The Bertz CT molecular complexity index is 511. The molecule has 0 aliphatic rings. The molecule has 0 fully saturated rings. The van der Waals surface area contributed by atoms with Crippen LogP contribution in [0.25, 0.3) is 0 Å². The van der Waals surface area contributed by atoms with Gasteiger partial charge in [-0.2, -0.15) is 0 Å². The third-order valence-corrected chi connectivity index (χ3v) is 3.04. The maximum absolute atomic E-state index is 13.6. The van der Waals surface area contributed by atoms with Crippen LogP contribution in [0.15, 0.2) is 30.7 Å². The molecule has 2 rings (SSSR count). The molecule has 0 amide bonds. The van der Waals surface area contributed by atoms with Crippen molar-refractivity contribution in [1.82, 2.24) is 14.9 Å². The van der Waals surface area contributed by atoms with Crippen molar-refractivity contribution in [2.45, 2.75) is 19.5 Å². The van der Waals surface area contributed by atoms with Crippen LogP contribution < -0.4 is 0 Å². The summed E-state index contributed by atoms with van der Waals surface area (Å²) >= 11 is 0. The highest BCUT2D eigenvalue weighted by Gasteiger charge is 2.17. The van der Waals surface area contributed by atoms with E-state index in [0.717, 1.165) is 17.8 Å². The first-order valence-corrected chi connectivity index (χ1v) is 5.70. The predicted molar refractivity (Wildman–Crippen MR) is 64.8 cm³/mol. The molecule has 5 heteroatoms. The smallest absolute Gasteiger partial charge is 0.128 e. The monoisotopic (exact) mass is 251 g/mol. The van der Waals surface area contributed by atoms with Crippen molar-refractivity contribution in [3.63, 3.8) is 0 Å². The lowest BCUT2D eigenvalue weighted by atomic mass is 10.1.